The Balaban J connectivity index is 2.32. The lowest BCUT2D eigenvalue weighted by molar-refractivity contribution is 0.337. The van der Waals surface area contributed by atoms with E-state index in [2.05, 4.69) is 12.6 Å². The molecule has 0 aromatic rings. The second kappa shape index (κ2) is 1.56. The average Bonchev–Trinajstić information content (AvgIpc) is 1.86. The lowest BCUT2D eigenvalue weighted by Crippen LogP contribution is -1.76. The van der Waals surface area contributed by atoms with Crippen LogP contribution in [0.1, 0.15) is 6.42 Å². The lowest BCUT2D eigenvalue weighted by atomic mass is 10.5. The first-order valence-electron chi connectivity index (χ1n) is 1.76. The molecule has 1 radical (unpaired) electrons. The van der Waals surface area contributed by atoms with Gasteiger partial charge < -0.3 is 4.74 Å². The van der Waals surface area contributed by atoms with Crippen LogP contribution in [0.3, 0.4) is 0 Å². The summed E-state index contributed by atoms with van der Waals surface area (Å²) in [5.74, 6) is 0. The molecule has 0 aromatic carbocycles. The topological polar surface area (TPSA) is 9.23 Å². The zero-order valence-corrected chi connectivity index (χ0v) is 4.11. The van der Waals surface area contributed by atoms with Gasteiger partial charge in [0.15, 0.2) is 0 Å². The molecule has 0 spiro atoms. The Kier molecular flexibility index (Phi) is 1.05. The maximum atomic E-state index is 4.75. The van der Waals surface area contributed by atoms with Crippen molar-refractivity contribution >= 4 is 12.6 Å². The fraction of sp³-hybridized carbons (Fsp3) is 0.250. The van der Waals surface area contributed by atoms with Crippen LogP contribution < -0.4 is 0 Å². The molecule has 33 valence electrons. The first-order chi connectivity index (χ1) is 2.89. The Morgan fingerprint density at radius 3 is 2.83 bits per heavy atom. The summed E-state index contributed by atoms with van der Waals surface area (Å²) in [5, 5.41) is 0. The van der Waals surface area contributed by atoms with Crippen molar-refractivity contribution in [1.82, 2.24) is 0 Å². The molecule has 0 atom stereocenters. The Labute approximate surface area is 42.4 Å². The summed E-state index contributed by atoms with van der Waals surface area (Å²) in [5.41, 5.74) is 0.787. The van der Waals surface area contributed by atoms with Crippen LogP contribution >= 0.6 is 12.6 Å². The highest BCUT2D eigenvalue weighted by atomic mass is 32.1. The molecule has 0 saturated heterocycles. The molecule has 1 aliphatic rings. The zero-order chi connectivity index (χ0) is 4.41. The highest BCUT2D eigenvalue weighted by molar-refractivity contribution is 7.83. The van der Waals surface area contributed by atoms with Crippen molar-refractivity contribution in [3.63, 3.8) is 0 Å². The molecule has 0 unspecified atom stereocenters. The summed E-state index contributed by atoms with van der Waals surface area (Å²) in [6.45, 7) is 0. The summed E-state index contributed by atoms with van der Waals surface area (Å²) in [4.78, 5) is 0. The molecule has 2 heteroatoms. The monoisotopic (exact) mass is 101 g/mol. The maximum Gasteiger partial charge on any atom is 0.203 e. The van der Waals surface area contributed by atoms with Gasteiger partial charge in [-0.15, -0.1) is 12.6 Å². The first-order valence-corrected chi connectivity index (χ1v) is 2.21. The minimum Gasteiger partial charge on any atom is -0.479 e. The van der Waals surface area contributed by atoms with Crippen molar-refractivity contribution < 1.29 is 4.74 Å². The zero-order valence-electron chi connectivity index (χ0n) is 3.22. The molecule has 0 amide bonds. The first kappa shape index (κ1) is 4.06. The summed E-state index contributed by atoms with van der Waals surface area (Å²) in [7, 11) is 0. The van der Waals surface area contributed by atoms with E-state index in [0.29, 0.717) is 0 Å². The molecule has 0 bridgehead atoms. The third-order valence-electron chi connectivity index (χ3n) is 0.593. The predicted octanol–water partition coefficient (Wildman–Crippen LogP) is 1.34. The maximum absolute atomic E-state index is 4.75. The van der Waals surface area contributed by atoms with Crippen LogP contribution in [0.2, 0.25) is 0 Å². The van der Waals surface area contributed by atoms with Crippen LogP contribution in [0.25, 0.3) is 0 Å². The highest BCUT2D eigenvalue weighted by Gasteiger charge is 2.03. The van der Waals surface area contributed by atoms with Crippen molar-refractivity contribution in [1.29, 1.82) is 0 Å². The van der Waals surface area contributed by atoms with Crippen LogP contribution in [0.4, 0.5) is 0 Å². The Morgan fingerprint density at radius 2 is 2.67 bits per heavy atom. The highest BCUT2D eigenvalue weighted by Crippen LogP contribution is 2.18. The van der Waals surface area contributed by atoms with Crippen molar-refractivity contribution in [2.24, 2.45) is 0 Å². The lowest BCUT2D eigenvalue weighted by Gasteiger charge is -1.93. The van der Waals surface area contributed by atoms with E-state index >= 15 is 0 Å². The van der Waals surface area contributed by atoms with Gasteiger partial charge in [0.2, 0.25) is 5.44 Å². The smallest absolute Gasteiger partial charge is 0.203 e. The Bertz CT molecular complexity index is 61.9. The van der Waals surface area contributed by atoms with Crippen LogP contribution in [-0.4, -0.2) is 0 Å². The standard InChI is InChI=1S/C4H5OS/c6-4-2-1-3-5-4/h1,3,6H,2H2. The molecule has 6 heavy (non-hydrogen) atoms. The molecule has 0 saturated carbocycles. The van der Waals surface area contributed by atoms with E-state index in [4.69, 9.17) is 4.74 Å². The van der Waals surface area contributed by atoms with Crippen molar-refractivity contribution in [2.45, 2.75) is 6.42 Å². The summed E-state index contributed by atoms with van der Waals surface area (Å²) < 4.78 is 4.75. The van der Waals surface area contributed by atoms with Crippen molar-refractivity contribution in [2.75, 3.05) is 0 Å². The number of thiol groups is 1. The Hall–Kier alpha value is -0.110. The number of ether oxygens (including phenoxy) is 1. The average molecular weight is 101 g/mol. The van der Waals surface area contributed by atoms with Crippen LogP contribution in [0.15, 0.2) is 12.3 Å². The van der Waals surface area contributed by atoms with Gasteiger partial charge >= 0.3 is 0 Å². The molecular weight excluding hydrogens is 96.1 g/mol. The van der Waals surface area contributed by atoms with Crippen molar-refractivity contribution in [3.8, 4) is 0 Å². The molecule has 1 nitrogen and oxygen atoms in total. The largest absolute Gasteiger partial charge is 0.479 e. The van der Waals surface area contributed by atoms with Gasteiger partial charge in [-0.1, -0.05) is 0 Å². The number of hydrogen-bond donors (Lipinski definition) is 1. The van der Waals surface area contributed by atoms with Gasteiger partial charge in [-0.2, -0.15) is 0 Å². The van der Waals surface area contributed by atoms with Gasteiger partial charge in [0.05, 0.1) is 6.26 Å². The third kappa shape index (κ3) is 0.684. The van der Waals surface area contributed by atoms with E-state index in [0.717, 1.165) is 11.9 Å². The molecule has 0 aliphatic carbocycles. The van der Waals surface area contributed by atoms with Crippen LogP contribution in [0.5, 0.6) is 0 Å². The van der Waals surface area contributed by atoms with E-state index < -0.39 is 0 Å². The van der Waals surface area contributed by atoms with Gasteiger partial charge in [0.25, 0.3) is 0 Å². The minimum absolute atomic E-state index is 0.787. The molecule has 1 rings (SSSR count). The van der Waals surface area contributed by atoms with Crippen molar-refractivity contribution in [3.05, 3.63) is 17.8 Å². The quantitative estimate of drug-likeness (QED) is 0.453. The van der Waals surface area contributed by atoms with Gasteiger partial charge in [-0.25, -0.2) is 0 Å². The fourth-order valence-corrected chi connectivity index (χ4v) is 0.490. The van der Waals surface area contributed by atoms with E-state index in [9.17, 15) is 0 Å². The second-order valence-corrected chi connectivity index (χ2v) is 1.59. The SMILES string of the molecule is S[C]1CC=CO1. The van der Waals surface area contributed by atoms with E-state index in [1.165, 1.54) is 0 Å². The number of hydrogen-bond acceptors (Lipinski definition) is 2. The fourth-order valence-electron chi connectivity index (χ4n) is 0.324. The molecule has 0 fully saturated rings. The molecule has 1 aliphatic heterocycles. The van der Waals surface area contributed by atoms with Gasteiger partial charge in [0.1, 0.15) is 0 Å². The number of rotatable bonds is 0. The van der Waals surface area contributed by atoms with E-state index in [1.54, 1.807) is 6.26 Å². The predicted molar refractivity (Wildman–Crippen MR) is 27.1 cm³/mol. The third-order valence-corrected chi connectivity index (χ3v) is 0.881. The summed E-state index contributed by atoms with van der Waals surface area (Å²) >= 11 is 3.92. The summed E-state index contributed by atoms with van der Waals surface area (Å²) in [6.07, 6.45) is 4.42. The minimum atomic E-state index is 0.787. The van der Waals surface area contributed by atoms with Crippen LogP contribution in [-0.2, 0) is 4.74 Å². The molecular formula is C4H5OS. The van der Waals surface area contributed by atoms with Gasteiger partial charge in [-0.05, 0) is 6.08 Å². The normalized spacial score (nSPS) is 21.5. The van der Waals surface area contributed by atoms with E-state index in [-0.39, 0.29) is 0 Å². The molecule has 0 N–H and O–H groups in total. The van der Waals surface area contributed by atoms with Gasteiger partial charge in [0, 0.05) is 6.42 Å². The molecule has 0 aromatic heterocycles. The van der Waals surface area contributed by atoms with Gasteiger partial charge in [-0.3, -0.25) is 0 Å². The second-order valence-electron chi connectivity index (χ2n) is 1.09. The Morgan fingerprint density at radius 1 is 1.83 bits per heavy atom. The summed E-state index contributed by atoms with van der Waals surface area (Å²) in [6, 6.07) is 0. The van der Waals surface area contributed by atoms with Crippen LogP contribution in [0, 0.1) is 5.44 Å². The van der Waals surface area contributed by atoms with E-state index in [1.807, 2.05) is 6.08 Å². The molecule has 1 heterocycles.